The summed E-state index contributed by atoms with van der Waals surface area (Å²) >= 11 is 13.1. The standard InChI is InChI=1S/C23H17ClN2O3S2/c1-28-22(27)21-20(24)16-12-11-14(13-19(16)31-21)25-23(30)26-17-9-5-6-10-18(17)29-15-7-3-2-4-8-15/h2-13H,1H3,(H2,25,26,30). The number of para-hydroxylation sites is 3. The molecule has 0 radical (unpaired) electrons. The molecule has 4 aromatic rings. The van der Waals surface area contributed by atoms with Crippen molar-refractivity contribution in [3.63, 3.8) is 0 Å². The molecule has 0 atom stereocenters. The Morgan fingerprint density at radius 2 is 1.74 bits per heavy atom. The van der Waals surface area contributed by atoms with E-state index >= 15 is 0 Å². The second kappa shape index (κ2) is 9.34. The van der Waals surface area contributed by atoms with Gasteiger partial charge in [-0.25, -0.2) is 4.79 Å². The first-order valence-electron chi connectivity index (χ1n) is 9.25. The van der Waals surface area contributed by atoms with Crippen LogP contribution in [-0.4, -0.2) is 18.2 Å². The van der Waals surface area contributed by atoms with Crippen LogP contribution in [0.25, 0.3) is 10.1 Å². The summed E-state index contributed by atoms with van der Waals surface area (Å²) in [5.74, 6) is 0.936. The number of esters is 1. The summed E-state index contributed by atoms with van der Waals surface area (Å²) in [6, 6.07) is 22.7. The molecule has 0 saturated heterocycles. The first-order chi connectivity index (χ1) is 15.0. The van der Waals surface area contributed by atoms with E-state index in [-0.39, 0.29) is 0 Å². The maximum atomic E-state index is 11.9. The van der Waals surface area contributed by atoms with E-state index in [9.17, 15) is 4.79 Å². The molecule has 0 amide bonds. The zero-order valence-electron chi connectivity index (χ0n) is 16.3. The average Bonchev–Trinajstić information content (AvgIpc) is 3.11. The molecule has 2 N–H and O–H groups in total. The fourth-order valence-corrected chi connectivity index (χ4v) is 4.62. The maximum Gasteiger partial charge on any atom is 0.349 e. The molecule has 1 heterocycles. The van der Waals surface area contributed by atoms with Gasteiger partial charge in [0.05, 0.1) is 17.8 Å². The van der Waals surface area contributed by atoms with Crippen LogP contribution >= 0.6 is 35.2 Å². The van der Waals surface area contributed by atoms with Crippen molar-refractivity contribution >= 4 is 67.7 Å². The van der Waals surface area contributed by atoms with E-state index in [1.165, 1.54) is 18.4 Å². The fourth-order valence-electron chi connectivity index (χ4n) is 2.93. The van der Waals surface area contributed by atoms with Crippen LogP contribution in [0.1, 0.15) is 9.67 Å². The number of ether oxygens (including phenoxy) is 2. The predicted octanol–water partition coefficient (Wildman–Crippen LogP) is 6.94. The number of rotatable bonds is 5. The second-order valence-electron chi connectivity index (χ2n) is 6.44. The molecule has 0 aliphatic heterocycles. The van der Waals surface area contributed by atoms with Gasteiger partial charge in [-0.05, 0) is 54.7 Å². The van der Waals surface area contributed by atoms with Gasteiger partial charge in [0, 0.05) is 15.8 Å². The number of halogens is 1. The third-order valence-electron chi connectivity index (χ3n) is 4.36. The van der Waals surface area contributed by atoms with Gasteiger partial charge in [0.15, 0.2) is 10.9 Å². The van der Waals surface area contributed by atoms with Crippen molar-refractivity contribution in [3.8, 4) is 11.5 Å². The van der Waals surface area contributed by atoms with Gasteiger partial charge in [-0.2, -0.15) is 0 Å². The number of thiocarbonyl (C=S) groups is 1. The van der Waals surface area contributed by atoms with Crippen LogP contribution in [0.4, 0.5) is 11.4 Å². The molecule has 31 heavy (non-hydrogen) atoms. The number of thiophene rings is 1. The molecule has 0 spiro atoms. The Morgan fingerprint density at radius 3 is 2.52 bits per heavy atom. The first kappa shape index (κ1) is 21.1. The van der Waals surface area contributed by atoms with Crippen LogP contribution in [0.3, 0.4) is 0 Å². The van der Waals surface area contributed by atoms with Gasteiger partial charge in [-0.3, -0.25) is 0 Å². The number of hydrogen-bond donors (Lipinski definition) is 2. The van der Waals surface area contributed by atoms with Crippen molar-refractivity contribution < 1.29 is 14.3 Å². The number of hydrogen-bond acceptors (Lipinski definition) is 5. The summed E-state index contributed by atoms with van der Waals surface area (Å²) in [6.45, 7) is 0. The highest BCUT2D eigenvalue weighted by Gasteiger charge is 2.18. The Kier molecular flexibility index (Phi) is 6.36. The number of carbonyl (C=O) groups is 1. The number of fused-ring (bicyclic) bond motifs is 1. The lowest BCUT2D eigenvalue weighted by molar-refractivity contribution is 0.0606. The molecule has 156 valence electrons. The SMILES string of the molecule is COC(=O)c1sc2cc(NC(=S)Nc3ccccc3Oc3ccccc3)ccc2c1Cl. The molecule has 0 saturated carbocycles. The quantitative estimate of drug-likeness (QED) is 0.244. The Morgan fingerprint density at radius 1 is 1.00 bits per heavy atom. The summed E-state index contributed by atoms with van der Waals surface area (Å²) in [4.78, 5) is 12.3. The minimum atomic E-state index is -0.451. The normalized spacial score (nSPS) is 10.5. The fraction of sp³-hybridized carbons (Fsp3) is 0.0435. The third-order valence-corrected chi connectivity index (χ3v) is 6.21. The topological polar surface area (TPSA) is 59.6 Å². The van der Waals surface area contributed by atoms with E-state index in [2.05, 4.69) is 10.6 Å². The lowest BCUT2D eigenvalue weighted by atomic mass is 10.2. The number of nitrogens with one attached hydrogen (secondary N) is 2. The van der Waals surface area contributed by atoms with Crippen molar-refractivity contribution in [2.75, 3.05) is 17.7 Å². The van der Waals surface area contributed by atoms with Crippen LogP contribution in [0.5, 0.6) is 11.5 Å². The minimum Gasteiger partial charge on any atom is -0.465 e. The lowest BCUT2D eigenvalue weighted by Gasteiger charge is -2.14. The number of carbonyl (C=O) groups excluding carboxylic acids is 1. The van der Waals surface area contributed by atoms with Crippen LogP contribution in [0, 0.1) is 0 Å². The zero-order chi connectivity index (χ0) is 21.8. The molecule has 0 bridgehead atoms. The van der Waals surface area contributed by atoms with E-state index < -0.39 is 5.97 Å². The van der Waals surface area contributed by atoms with E-state index in [0.29, 0.717) is 20.8 Å². The summed E-state index contributed by atoms with van der Waals surface area (Å²) in [5, 5.41) is 7.91. The van der Waals surface area contributed by atoms with Crippen molar-refractivity contribution in [2.24, 2.45) is 0 Å². The molecule has 5 nitrogen and oxygen atoms in total. The van der Waals surface area contributed by atoms with E-state index in [1.807, 2.05) is 72.8 Å². The number of methoxy groups -OCH3 is 1. The van der Waals surface area contributed by atoms with Crippen molar-refractivity contribution in [2.45, 2.75) is 0 Å². The zero-order valence-corrected chi connectivity index (χ0v) is 18.7. The summed E-state index contributed by atoms with van der Waals surface area (Å²) in [6.07, 6.45) is 0. The largest absolute Gasteiger partial charge is 0.465 e. The highest BCUT2D eigenvalue weighted by Crippen LogP contribution is 2.37. The van der Waals surface area contributed by atoms with Crippen molar-refractivity contribution in [1.29, 1.82) is 0 Å². The van der Waals surface area contributed by atoms with Crippen LogP contribution in [0.2, 0.25) is 5.02 Å². The Labute approximate surface area is 193 Å². The molecular formula is C23H17ClN2O3S2. The van der Waals surface area contributed by atoms with Gasteiger partial charge in [-0.15, -0.1) is 11.3 Å². The average molecular weight is 469 g/mol. The molecule has 0 aliphatic rings. The van der Waals surface area contributed by atoms with Gasteiger partial charge in [0.25, 0.3) is 0 Å². The van der Waals surface area contributed by atoms with Crippen LogP contribution in [0.15, 0.2) is 72.8 Å². The van der Waals surface area contributed by atoms with Gasteiger partial charge >= 0.3 is 5.97 Å². The molecule has 0 aliphatic carbocycles. The van der Waals surface area contributed by atoms with E-state index in [0.717, 1.165) is 27.2 Å². The Balaban J connectivity index is 1.50. The van der Waals surface area contributed by atoms with Crippen molar-refractivity contribution in [1.82, 2.24) is 0 Å². The van der Waals surface area contributed by atoms with Gasteiger partial charge in [0.2, 0.25) is 0 Å². The highest BCUT2D eigenvalue weighted by molar-refractivity contribution is 7.80. The highest BCUT2D eigenvalue weighted by atomic mass is 35.5. The Hall–Kier alpha value is -3.13. The van der Waals surface area contributed by atoms with E-state index in [1.54, 1.807) is 0 Å². The predicted molar refractivity (Wildman–Crippen MR) is 131 cm³/mol. The minimum absolute atomic E-state index is 0.379. The smallest absolute Gasteiger partial charge is 0.349 e. The molecule has 0 unspecified atom stereocenters. The Bertz CT molecular complexity index is 1260. The monoisotopic (exact) mass is 468 g/mol. The van der Waals surface area contributed by atoms with E-state index in [4.69, 9.17) is 33.3 Å². The van der Waals surface area contributed by atoms with Gasteiger partial charge in [0.1, 0.15) is 10.6 Å². The molecule has 8 heteroatoms. The summed E-state index contributed by atoms with van der Waals surface area (Å²) in [5.41, 5.74) is 1.50. The van der Waals surface area contributed by atoms with Crippen LogP contribution < -0.4 is 15.4 Å². The summed E-state index contributed by atoms with van der Waals surface area (Å²) in [7, 11) is 1.33. The lowest BCUT2D eigenvalue weighted by Crippen LogP contribution is -2.19. The molecule has 1 aromatic heterocycles. The van der Waals surface area contributed by atoms with Gasteiger partial charge < -0.3 is 20.1 Å². The molecule has 3 aromatic carbocycles. The number of benzene rings is 3. The molecule has 4 rings (SSSR count). The third kappa shape index (κ3) is 4.80. The van der Waals surface area contributed by atoms with Gasteiger partial charge in [-0.1, -0.05) is 41.9 Å². The van der Waals surface area contributed by atoms with Crippen molar-refractivity contribution in [3.05, 3.63) is 82.7 Å². The number of anilines is 2. The summed E-state index contributed by atoms with van der Waals surface area (Å²) < 4.78 is 11.6. The second-order valence-corrected chi connectivity index (χ2v) is 8.28. The molecular weight excluding hydrogens is 452 g/mol. The van der Waals surface area contributed by atoms with Crippen LogP contribution in [-0.2, 0) is 4.74 Å². The maximum absolute atomic E-state index is 11.9. The molecule has 0 fully saturated rings. The first-order valence-corrected chi connectivity index (χ1v) is 10.9.